The zero-order valence-corrected chi connectivity index (χ0v) is 27.2. The van der Waals surface area contributed by atoms with Crippen LogP contribution >= 0.6 is 11.8 Å². The zero-order chi connectivity index (χ0) is 35.8. The second kappa shape index (κ2) is 13.6. The van der Waals surface area contributed by atoms with Gasteiger partial charge in [0.25, 0.3) is 11.6 Å². The maximum Gasteiger partial charge on any atom is 0.352 e. The van der Waals surface area contributed by atoms with Gasteiger partial charge in [-0.2, -0.15) is 0 Å². The lowest BCUT2D eigenvalue weighted by Crippen LogP contribution is -2.88. The van der Waals surface area contributed by atoms with E-state index >= 15 is 0 Å². The lowest BCUT2D eigenvalue weighted by atomic mass is 9.94. The highest BCUT2D eigenvalue weighted by Gasteiger charge is 2.72. The monoisotopic (exact) mass is 720 g/mol. The van der Waals surface area contributed by atoms with E-state index < -0.39 is 86.8 Å². The number of phenols is 2. The Balaban J connectivity index is 1.45. The lowest BCUT2D eigenvalue weighted by Gasteiger charge is -2.55. The molecule has 1 aromatic carbocycles. The quantitative estimate of drug-likeness (QED) is 0.0252. The highest BCUT2D eigenvalue weighted by molar-refractivity contribution is 7.99. The van der Waals surface area contributed by atoms with E-state index in [1.807, 2.05) is 0 Å². The SMILES string of the molecule is CCN1CCN(C(=O)NC(C(=O)N[C@]2(NC=O)C(=O)N3C(C(=O)O)=C(CSc4nnnn4C)C[S+]([O-])[C@@H]32)c2ccc(O)c(O)c2)C(=O)C1=O. The van der Waals surface area contributed by atoms with Crippen molar-refractivity contribution in [3.05, 3.63) is 35.0 Å². The number of carboxylic acids is 1. The fourth-order valence-electron chi connectivity index (χ4n) is 5.45. The first-order chi connectivity index (χ1) is 23.2. The third kappa shape index (κ3) is 6.17. The van der Waals surface area contributed by atoms with Gasteiger partial charge in [0.05, 0.1) is 0 Å². The number of hydrogen-bond acceptors (Lipinski definition) is 14. The van der Waals surface area contributed by atoms with E-state index in [0.717, 1.165) is 30.0 Å². The number of piperazine rings is 1. The minimum absolute atomic E-state index is 0.00491. The molecule has 0 radical (unpaired) electrons. The van der Waals surface area contributed by atoms with E-state index in [1.54, 1.807) is 14.0 Å². The smallest absolute Gasteiger partial charge is 0.352 e. The van der Waals surface area contributed by atoms with Crippen LogP contribution in [-0.4, -0.2) is 139 Å². The van der Waals surface area contributed by atoms with Gasteiger partial charge in [0.2, 0.25) is 22.8 Å². The molecule has 260 valence electrons. The maximum atomic E-state index is 13.9. The Morgan fingerprint density at radius 2 is 1.92 bits per heavy atom. The van der Waals surface area contributed by atoms with Crippen LogP contribution in [0.2, 0.25) is 0 Å². The predicted molar refractivity (Wildman–Crippen MR) is 163 cm³/mol. The molecule has 2 aromatic rings. The molecule has 23 heteroatoms. The third-order valence-electron chi connectivity index (χ3n) is 7.87. The van der Waals surface area contributed by atoms with Crippen molar-refractivity contribution in [3.63, 3.8) is 0 Å². The molecule has 21 nitrogen and oxygen atoms in total. The van der Waals surface area contributed by atoms with Crippen LogP contribution in [0.5, 0.6) is 11.5 Å². The van der Waals surface area contributed by atoms with Crippen LogP contribution < -0.4 is 16.0 Å². The molecule has 0 saturated carbocycles. The van der Waals surface area contributed by atoms with Crippen molar-refractivity contribution in [2.24, 2.45) is 7.05 Å². The van der Waals surface area contributed by atoms with E-state index in [1.165, 1.54) is 9.58 Å². The van der Waals surface area contributed by atoms with Gasteiger partial charge in [0.15, 0.2) is 11.5 Å². The van der Waals surface area contributed by atoms with Crippen molar-refractivity contribution in [3.8, 4) is 11.5 Å². The Kier molecular flexibility index (Phi) is 9.69. The number of aromatic hydroxyl groups is 2. The summed E-state index contributed by atoms with van der Waals surface area (Å²) >= 11 is -1.11. The number of thioether (sulfide) groups is 1. The number of nitrogens with one attached hydrogen (secondary N) is 3. The minimum atomic E-state index is -2.48. The molecule has 0 aliphatic carbocycles. The average Bonchev–Trinajstić information content (AvgIpc) is 3.48. The molecule has 5 rings (SSSR count). The van der Waals surface area contributed by atoms with Gasteiger partial charge in [-0.05, 0) is 46.2 Å². The predicted octanol–water partition coefficient (Wildman–Crippen LogP) is -3.32. The molecule has 7 amide bonds. The first-order valence-electron chi connectivity index (χ1n) is 14.2. The summed E-state index contributed by atoms with van der Waals surface area (Å²) in [5.41, 5.74) is -3.11. The number of aliphatic carboxylic acids is 1. The number of aromatic nitrogens is 4. The minimum Gasteiger partial charge on any atom is -0.614 e. The largest absolute Gasteiger partial charge is 0.614 e. The van der Waals surface area contributed by atoms with Crippen molar-refractivity contribution in [1.82, 2.24) is 50.9 Å². The van der Waals surface area contributed by atoms with Crippen molar-refractivity contribution in [2.75, 3.05) is 31.1 Å². The molecule has 4 atom stereocenters. The molecular formula is C26H28N10O11S2. The summed E-state index contributed by atoms with van der Waals surface area (Å²) in [6, 6.07) is -0.0677. The number of β-lactam (4-membered cyclic amide) rings is 1. The fraction of sp³-hybridized carbons (Fsp3) is 0.385. The van der Waals surface area contributed by atoms with E-state index in [2.05, 4.69) is 31.5 Å². The molecule has 2 unspecified atom stereocenters. The number of phenolic OH excluding ortho intramolecular Hbond substituents is 2. The van der Waals surface area contributed by atoms with E-state index in [-0.39, 0.29) is 42.9 Å². The van der Waals surface area contributed by atoms with Gasteiger partial charge in [0, 0.05) is 38.0 Å². The number of carbonyl (C=O) groups excluding carboxylic acids is 6. The number of fused-ring (bicyclic) bond motifs is 1. The lowest BCUT2D eigenvalue weighted by molar-refractivity contribution is -0.163. The number of nitrogens with zero attached hydrogens (tertiary/aromatic N) is 7. The van der Waals surface area contributed by atoms with Gasteiger partial charge >= 0.3 is 23.8 Å². The molecule has 0 bridgehead atoms. The van der Waals surface area contributed by atoms with Gasteiger partial charge in [-0.3, -0.25) is 33.8 Å². The standard InChI is InChI=1S/C26H28N10O11S2/c1-3-34-6-7-35(20(42)19(34)41)24(46)28-16(12-4-5-14(38)15(39)8-12)18(40)29-26(27-11-37)22(45)36-17(21(43)44)13(10-49(47)23(26)36)9-48-25-30-31-32-33(25)2/h4-5,8,11,16,23,38-39H,3,6-7,9-10H2,1-2H3,(H,27,37)(H,28,46)(H,29,40)(H,43,44)/t16?,23-,26-,49?/m1/s1. The molecule has 4 heterocycles. The van der Waals surface area contributed by atoms with Crippen molar-refractivity contribution in [1.29, 1.82) is 0 Å². The number of imide groups is 1. The van der Waals surface area contributed by atoms with Crippen LogP contribution in [-0.2, 0) is 47.0 Å². The molecule has 0 spiro atoms. The molecule has 6 N–H and O–H groups in total. The topological polar surface area (TPSA) is 293 Å². The van der Waals surface area contributed by atoms with Crippen LogP contribution in [0.3, 0.4) is 0 Å². The molecule has 1 aromatic heterocycles. The van der Waals surface area contributed by atoms with E-state index in [4.69, 9.17) is 0 Å². The Labute approximate surface area is 282 Å². The zero-order valence-electron chi connectivity index (χ0n) is 25.6. The number of rotatable bonds is 11. The second-order valence-corrected chi connectivity index (χ2v) is 13.2. The summed E-state index contributed by atoms with van der Waals surface area (Å²) in [7, 11) is 1.55. The van der Waals surface area contributed by atoms with E-state index in [9.17, 15) is 53.4 Å². The van der Waals surface area contributed by atoms with Gasteiger partial charge in [-0.25, -0.2) is 14.3 Å². The maximum absolute atomic E-state index is 13.9. The van der Waals surface area contributed by atoms with Gasteiger partial charge in [-0.1, -0.05) is 17.8 Å². The number of benzene rings is 1. The molecule has 2 saturated heterocycles. The molecule has 2 fully saturated rings. The van der Waals surface area contributed by atoms with Crippen LogP contribution in [0.25, 0.3) is 0 Å². The molecular weight excluding hydrogens is 692 g/mol. The molecule has 49 heavy (non-hydrogen) atoms. The molecule has 3 aliphatic rings. The van der Waals surface area contributed by atoms with Crippen molar-refractivity contribution < 1.29 is 53.4 Å². The summed E-state index contributed by atoms with van der Waals surface area (Å²) in [6.45, 7) is 1.61. The first-order valence-corrected chi connectivity index (χ1v) is 16.6. The summed E-state index contributed by atoms with van der Waals surface area (Å²) in [5, 5.41) is 46.3. The Hall–Kier alpha value is -5.42. The first kappa shape index (κ1) is 34.9. The van der Waals surface area contributed by atoms with Crippen LogP contribution in [0.15, 0.2) is 34.6 Å². The van der Waals surface area contributed by atoms with E-state index in [0.29, 0.717) is 15.0 Å². The highest BCUT2D eigenvalue weighted by atomic mass is 32.2. The Morgan fingerprint density at radius 1 is 1.18 bits per heavy atom. The van der Waals surface area contributed by atoms with Gasteiger partial charge in [0.1, 0.15) is 17.5 Å². The normalized spacial score (nSPS) is 22.7. The number of urea groups is 1. The fourth-order valence-corrected chi connectivity index (χ4v) is 8.23. The number of amides is 7. The van der Waals surface area contributed by atoms with Crippen molar-refractivity contribution >= 4 is 65.0 Å². The number of carbonyl (C=O) groups is 7. The number of likely N-dealkylation sites (N-methyl/N-ethyl adjacent to an activating group) is 1. The molecule has 3 aliphatic heterocycles. The van der Waals surface area contributed by atoms with Gasteiger partial charge in [-0.15, -0.1) is 5.10 Å². The van der Waals surface area contributed by atoms with Crippen LogP contribution in [0, 0.1) is 0 Å². The Morgan fingerprint density at radius 3 is 2.53 bits per heavy atom. The summed E-state index contributed by atoms with van der Waals surface area (Å²) in [6.07, 6.45) is 0.0286. The number of tetrazole rings is 1. The average molecular weight is 721 g/mol. The number of carboxylic acid groups (broad SMARTS) is 1. The summed E-state index contributed by atoms with van der Waals surface area (Å²) in [5.74, 6) is -7.91. The Bertz CT molecular complexity index is 1790. The van der Waals surface area contributed by atoms with Crippen LogP contribution in [0.4, 0.5) is 4.79 Å². The number of hydrogen-bond donors (Lipinski definition) is 6. The third-order valence-corrected chi connectivity index (χ3v) is 10.7. The van der Waals surface area contributed by atoms with Gasteiger partial charge < -0.3 is 40.7 Å². The van der Waals surface area contributed by atoms with Crippen molar-refractivity contribution in [2.45, 2.75) is 29.2 Å². The summed E-state index contributed by atoms with van der Waals surface area (Å²) in [4.78, 5) is 92.7. The second-order valence-electron chi connectivity index (χ2n) is 10.7. The number of aryl methyl sites for hydroxylation is 1. The van der Waals surface area contributed by atoms with Crippen LogP contribution in [0.1, 0.15) is 18.5 Å². The highest BCUT2D eigenvalue weighted by Crippen LogP contribution is 2.43. The summed E-state index contributed by atoms with van der Waals surface area (Å²) < 4.78 is 14.9.